The Bertz CT molecular complexity index is 313. The van der Waals surface area contributed by atoms with Gasteiger partial charge in [-0.05, 0) is 39.2 Å². The fraction of sp³-hybridized carbons (Fsp3) is 0.941. The van der Waals surface area contributed by atoms with Gasteiger partial charge in [0.25, 0.3) is 0 Å². The second-order valence-electron chi connectivity index (χ2n) is 6.65. The van der Waals surface area contributed by atoms with Crippen molar-refractivity contribution >= 4 is 5.97 Å². The van der Waals surface area contributed by atoms with Crippen LogP contribution in [0.4, 0.5) is 0 Å². The number of nitrogens with zero attached hydrogens (tertiary/aromatic N) is 1. The Morgan fingerprint density at radius 1 is 0.952 bits per heavy atom. The molecule has 0 saturated heterocycles. The van der Waals surface area contributed by atoms with Crippen molar-refractivity contribution in [2.45, 2.75) is 82.5 Å². The van der Waals surface area contributed by atoms with Crippen molar-refractivity contribution in [3.63, 3.8) is 0 Å². The summed E-state index contributed by atoms with van der Waals surface area (Å²) < 4.78 is 11.1. The van der Waals surface area contributed by atoms with Gasteiger partial charge in [0.15, 0.2) is 0 Å². The number of hydrogen-bond donors (Lipinski definition) is 0. The van der Waals surface area contributed by atoms with Gasteiger partial charge in [0, 0.05) is 13.2 Å². The van der Waals surface area contributed by atoms with Crippen LogP contribution < -0.4 is 0 Å². The van der Waals surface area contributed by atoms with Crippen LogP contribution >= 0.6 is 0 Å². The average molecular weight is 297 g/mol. The van der Waals surface area contributed by atoms with Crippen LogP contribution in [0.2, 0.25) is 0 Å². The molecule has 2 aliphatic carbocycles. The Morgan fingerprint density at radius 2 is 1.52 bits per heavy atom. The summed E-state index contributed by atoms with van der Waals surface area (Å²) in [6.45, 7) is 0.414. The van der Waals surface area contributed by atoms with Crippen molar-refractivity contribution in [1.29, 1.82) is 0 Å². The highest BCUT2D eigenvalue weighted by molar-refractivity contribution is 5.72. The molecule has 21 heavy (non-hydrogen) atoms. The highest BCUT2D eigenvalue weighted by Gasteiger charge is 2.29. The molecule has 0 N–H and O–H groups in total. The molecule has 2 rings (SSSR count). The number of ether oxygens (including phenoxy) is 2. The minimum Gasteiger partial charge on any atom is -0.459 e. The zero-order valence-corrected chi connectivity index (χ0v) is 13.7. The van der Waals surface area contributed by atoms with Crippen molar-refractivity contribution in [2.24, 2.45) is 0 Å². The highest BCUT2D eigenvalue weighted by atomic mass is 16.6. The molecule has 0 radical (unpaired) electrons. The van der Waals surface area contributed by atoms with Gasteiger partial charge in [0.05, 0.1) is 12.6 Å². The van der Waals surface area contributed by atoms with E-state index >= 15 is 0 Å². The van der Waals surface area contributed by atoms with Gasteiger partial charge in [-0.2, -0.15) is 0 Å². The normalized spacial score (nSPS) is 28.3. The molecule has 0 aliphatic heterocycles. The fourth-order valence-electron chi connectivity index (χ4n) is 3.70. The third-order valence-corrected chi connectivity index (χ3v) is 5.05. The standard InChI is InChI=1S/C17H31NO3/c1-18(14-9-5-3-4-6-10-14)13-17(19)21-16-12-8-7-11-15(16)20-2/h14-16H,3-13H2,1-2H3/t15-,16+/m1/s1. The third kappa shape index (κ3) is 5.26. The molecule has 0 unspecified atom stereocenters. The largest absolute Gasteiger partial charge is 0.459 e. The zero-order valence-electron chi connectivity index (χ0n) is 13.7. The Balaban J connectivity index is 1.77. The quantitative estimate of drug-likeness (QED) is 0.577. The second kappa shape index (κ2) is 8.74. The van der Waals surface area contributed by atoms with E-state index in [4.69, 9.17) is 9.47 Å². The van der Waals surface area contributed by atoms with E-state index in [-0.39, 0.29) is 18.2 Å². The SMILES string of the molecule is CO[C@@H]1CCCC[C@@H]1OC(=O)CN(C)C1CCCCCC1. The summed E-state index contributed by atoms with van der Waals surface area (Å²) in [6, 6.07) is 0.546. The Hall–Kier alpha value is -0.610. The van der Waals surface area contributed by atoms with Gasteiger partial charge < -0.3 is 9.47 Å². The van der Waals surface area contributed by atoms with Crippen LogP contribution in [-0.4, -0.2) is 49.8 Å². The van der Waals surface area contributed by atoms with Crippen molar-refractivity contribution in [1.82, 2.24) is 4.90 Å². The number of rotatable bonds is 5. The van der Waals surface area contributed by atoms with Gasteiger partial charge in [-0.15, -0.1) is 0 Å². The van der Waals surface area contributed by atoms with Crippen LogP contribution in [0.25, 0.3) is 0 Å². The molecular formula is C17H31NO3. The van der Waals surface area contributed by atoms with E-state index in [2.05, 4.69) is 11.9 Å². The molecule has 2 fully saturated rings. The fourth-order valence-corrected chi connectivity index (χ4v) is 3.70. The third-order valence-electron chi connectivity index (χ3n) is 5.05. The maximum Gasteiger partial charge on any atom is 0.320 e. The van der Waals surface area contributed by atoms with E-state index in [1.165, 1.54) is 44.9 Å². The summed E-state index contributed by atoms with van der Waals surface area (Å²) in [5, 5.41) is 0. The molecule has 4 nitrogen and oxygen atoms in total. The van der Waals surface area contributed by atoms with Crippen molar-refractivity contribution in [3.05, 3.63) is 0 Å². The first-order valence-corrected chi connectivity index (χ1v) is 8.63. The Morgan fingerprint density at radius 3 is 2.14 bits per heavy atom. The molecule has 0 heterocycles. The molecule has 122 valence electrons. The van der Waals surface area contributed by atoms with Gasteiger partial charge in [-0.3, -0.25) is 9.69 Å². The summed E-state index contributed by atoms with van der Waals surface area (Å²) in [5.74, 6) is -0.0873. The molecule has 2 aliphatic rings. The monoisotopic (exact) mass is 297 g/mol. The van der Waals surface area contributed by atoms with Crippen molar-refractivity contribution in [3.8, 4) is 0 Å². The van der Waals surface area contributed by atoms with E-state index in [0.717, 1.165) is 19.3 Å². The summed E-state index contributed by atoms with van der Waals surface area (Å²) in [6.07, 6.45) is 12.0. The number of carbonyl (C=O) groups excluding carboxylic acids is 1. The molecule has 2 atom stereocenters. The molecule has 0 aromatic heterocycles. The molecule has 4 heteroatoms. The first-order valence-electron chi connectivity index (χ1n) is 8.63. The minimum atomic E-state index is -0.0873. The van der Waals surface area contributed by atoms with Crippen LogP contribution in [0.1, 0.15) is 64.2 Å². The molecule has 0 aromatic rings. The lowest BCUT2D eigenvalue weighted by Crippen LogP contribution is -2.41. The van der Waals surface area contributed by atoms with Gasteiger partial charge in [-0.25, -0.2) is 0 Å². The highest BCUT2D eigenvalue weighted by Crippen LogP contribution is 2.24. The van der Waals surface area contributed by atoms with Crippen LogP contribution in [-0.2, 0) is 14.3 Å². The predicted octanol–water partition coefficient (Wildman–Crippen LogP) is 3.14. The smallest absolute Gasteiger partial charge is 0.320 e. The van der Waals surface area contributed by atoms with Gasteiger partial charge in [0.1, 0.15) is 6.10 Å². The molecule has 0 aromatic carbocycles. The Kier molecular flexibility index (Phi) is 6.97. The predicted molar refractivity (Wildman–Crippen MR) is 83.3 cm³/mol. The molecule has 0 spiro atoms. The van der Waals surface area contributed by atoms with Crippen LogP contribution in [0.3, 0.4) is 0 Å². The van der Waals surface area contributed by atoms with Crippen molar-refractivity contribution in [2.75, 3.05) is 20.7 Å². The van der Waals surface area contributed by atoms with Gasteiger partial charge in [0.2, 0.25) is 0 Å². The molecular weight excluding hydrogens is 266 g/mol. The number of hydrogen-bond acceptors (Lipinski definition) is 4. The van der Waals surface area contributed by atoms with E-state index in [1.807, 2.05) is 0 Å². The van der Waals surface area contributed by atoms with Crippen LogP contribution in [0.15, 0.2) is 0 Å². The summed E-state index contributed by atoms with van der Waals surface area (Å²) in [5.41, 5.74) is 0. The average Bonchev–Trinajstić information content (AvgIpc) is 2.76. The summed E-state index contributed by atoms with van der Waals surface area (Å²) >= 11 is 0. The van der Waals surface area contributed by atoms with Crippen LogP contribution in [0, 0.1) is 0 Å². The maximum atomic E-state index is 12.2. The lowest BCUT2D eigenvalue weighted by molar-refractivity contribution is -0.160. The van der Waals surface area contributed by atoms with E-state index in [9.17, 15) is 4.79 Å². The van der Waals surface area contributed by atoms with E-state index in [0.29, 0.717) is 12.6 Å². The molecule has 2 saturated carbocycles. The first kappa shape index (κ1) is 16.8. The van der Waals surface area contributed by atoms with E-state index < -0.39 is 0 Å². The maximum absolute atomic E-state index is 12.2. The first-order chi connectivity index (χ1) is 10.2. The number of carbonyl (C=O) groups is 1. The number of methoxy groups -OCH3 is 1. The summed E-state index contributed by atoms with van der Waals surface area (Å²) in [7, 11) is 3.78. The lowest BCUT2D eigenvalue weighted by atomic mass is 9.94. The van der Waals surface area contributed by atoms with Gasteiger partial charge >= 0.3 is 5.97 Å². The second-order valence-corrected chi connectivity index (χ2v) is 6.65. The van der Waals surface area contributed by atoms with Crippen molar-refractivity contribution < 1.29 is 14.3 Å². The van der Waals surface area contributed by atoms with E-state index in [1.54, 1.807) is 7.11 Å². The topological polar surface area (TPSA) is 38.8 Å². The van der Waals surface area contributed by atoms with Gasteiger partial charge in [-0.1, -0.05) is 32.1 Å². The Labute approximate surface area is 129 Å². The summed E-state index contributed by atoms with van der Waals surface area (Å²) in [4.78, 5) is 14.4. The molecule has 0 bridgehead atoms. The number of likely N-dealkylation sites (N-methyl/N-ethyl adjacent to an activating group) is 1. The lowest BCUT2D eigenvalue weighted by Gasteiger charge is -2.31. The molecule has 0 amide bonds. The van der Waals surface area contributed by atoms with Crippen LogP contribution in [0.5, 0.6) is 0 Å². The number of esters is 1. The zero-order chi connectivity index (χ0) is 15.1. The minimum absolute atomic E-state index is 0.0428.